The van der Waals surface area contributed by atoms with E-state index in [0.29, 0.717) is 6.04 Å². The maximum atomic E-state index is 9.00. The summed E-state index contributed by atoms with van der Waals surface area (Å²) in [6.45, 7) is 3.56. The molecule has 4 aliphatic rings. The van der Waals surface area contributed by atoms with Crippen molar-refractivity contribution in [3.05, 3.63) is 0 Å². The highest BCUT2D eigenvalue weighted by Gasteiger charge is 2.44. The highest BCUT2D eigenvalue weighted by atomic mass is 16.4. The van der Waals surface area contributed by atoms with Gasteiger partial charge in [-0.25, -0.2) is 0 Å². The van der Waals surface area contributed by atoms with Gasteiger partial charge in [-0.2, -0.15) is 0 Å². The van der Waals surface area contributed by atoms with E-state index in [4.69, 9.17) is 15.6 Å². The van der Waals surface area contributed by atoms with Crippen molar-refractivity contribution in [3.63, 3.8) is 0 Å². The molecule has 4 bridgehead atoms. The normalized spacial score (nSPS) is 45.0. The first-order chi connectivity index (χ1) is 11.4. The highest BCUT2D eigenvalue weighted by molar-refractivity contribution is 5.62. The van der Waals surface area contributed by atoms with Gasteiger partial charge in [-0.15, -0.1) is 0 Å². The van der Waals surface area contributed by atoms with Crippen LogP contribution in [0, 0.1) is 17.8 Å². The third-order valence-corrected chi connectivity index (χ3v) is 6.84. The molecular weight excluding hydrogens is 300 g/mol. The number of nitrogens with two attached hydrogens (primary N) is 1. The van der Waals surface area contributed by atoms with Crippen LogP contribution in [0.2, 0.25) is 0 Å². The Kier molecular flexibility index (Phi) is 5.86. The van der Waals surface area contributed by atoms with Crippen molar-refractivity contribution < 1.29 is 9.90 Å². The molecule has 2 saturated heterocycles. The molecule has 0 aromatic heterocycles. The van der Waals surface area contributed by atoms with Crippen LogP contribution in [0.25, 0.3) is 0 Å². The summed E-state index contributed by atoms with van der Waals surface area (Å²) in [7, 11) is 0. The monoisotopic (exact) mass is 336 g/mol. The van der Waals surface area contributed by atoms with E-state index in [0.717, 1.165) is 42.8 Å². The van der Waals surface area contributed by atoms with Crippen LogP contribution >= 0.6 is 0 Å². The molecule has 2 heterocycles. The maximum Gasteiger partial charge on any atom is 0.300 e. The zero-order valence-corrected chi connectivity index (χ0v) is 15.5. The fraction of sp³-hybridized carbons (Fsp3) is 0.950. The van der Waals surface area contributed by atoms with Crippen LogP contribution in [0.3, 0.4) is 0 Å². The van der Waals surface area contributed by atoms with Gasteiger partial charge in [0.05, 0.1) is 0 Å². The molecule has 4 unspecified atom stereocenters. The number of fused-ring (bicyclic) bond motifs is 4. The van der Waals surface area contributed by atoms with Gasteiger partial charge in [-0.1, -0.05) is 13.3 Å². The SMILES string of the molecule is CC(=O)O.CC1C[C@@H]2CC(N3C4CCC[C@H]3CC(N)C4)C[C@H](C1)C2. The summed E-state index contributed by atoms with van der Waals surface area (Å²) >= 11 is 0. The summed E-state index contributed by atoms with van der Waals surface area (Å²) in [6, 6.07) is 3.07. The standard InChI is InChI=1S/C18H32N2.C2H4O2/c1-12-5-13-7-14(6-12)9-18(8-13)20-16-3-2-4-17(20)11-15(19)10-16;1-2(3)4/h12-18H,2-11,19H2,1H3;1H3,(H,3,4)/t12?,13-,14+,15?,16-,17?,18?;/m0./s1. The Labute approximate surface area is 147 Å². The molecule has 0 aromatic carbocycles. The molecule has 3 N–H and O–H groups in total. The Hall–Kier alpha value is -0.610. The number of carboxylic acids is 1. The van der Waals surface area contributed by atoms with Gasteiger partial charge in [0.2, 0.25) is 0 Å². The summed E-state index contributed by atoms with van der Waals surface area (Å²) in [6.07, 6.45) is 14.4. The van der Waals surface area contributed by atoms with Crippen LogP contribution in [0.4, 0.5) is 0 Å². The van der Waals surface area contributed by atoms with Crippen LogP contribution in [-0.4, -0.2) is 40.1 Å². The molecule has 4 heteroatoms. The number of hydrogen-bond donors (Lipinski definition) is 2. The van der Waals surface area contributed by atoms with E-state index in [1.807, 2.05) is 0 Å². The second-order valence-electron chi connectivity index (χ2n) is 9.11. The quantitative estimate of drug-likeness (QED) is 0.767. The number of rotatable bonds is 1. The number of nitrogens with zero attached hydrogens (tertiary/aromatic N) is 1. The minimum atomic E-state index is -0.833. The fourth-order valence-corrected chi connectivity index (χ4v) is 6.45. The second kappa shape index (κ2) is 7.74. The lowest BCUT2D eigenvalue weighted by molar-refractivity contribution is -0.134. The molecule has 4 nitrogen and oxygen atoms in total. The molecule has 24 heavy (non-hydrogen) atoms. The second-order valence-corrected chi connectivity index (χ2v) is 9.11. The average molecular weight is 337 g/mol. The predicted molar refractivity (Wildman–Crippen MR) is 96.8 cm³/mol. The van der Waals surface area contributed by atoms with Crippen LogP contribution in [0.1, 0.15) is 78.1 Å². The zero-order chi connectivity index (χ0) is 17.3. The number of carboxylic acid groups (broad SMARTS) is 1. The molecular formula is C20H36N2O2. The van der Waals surface area contributed by atoms with E-state index in [9.17, 15) is 0 Å². The van der Waals surface area contributed by atoms with E-state index < -0.39 is 5.97 Å². The van der Waals surface area contributed by atoms with Crippen LogP contribution in [0.5, 0.6) is 0 Å². The topological polar surface area (TPSA) is 66.6 Å². The van der Waals surface area contributed by atoms with Crippen molar-refractivity contribution in [2.24, 2.45) is 23.5 Å². The first-order valence-electron chi connectivity index (χ1n) is 10.1. The number of hydrogen-bond acceptors (Lipinski definition) is 3. The first kappa shape index (κ1) is 18.2. The van der Waals surface area contributed by atoms with E-state index in [-0.39, 0.29) is 0 Å². The molecule has 0 spiro atoms. The average Bonchev–Trinajstić information content (AvgIpc) is 2.44. The van der Waals surface area contributed by atoms with Crippen LogP contribution in [-0.2, 0) is 4.79 Å². The summed E-state index contributed by atoms with van der Waals surface area (Å²) in [5, 5.41) is 7.42. The predicted octanol–water partition coefficient (Wildman–Crippen LogP) is 3.64. The minimum Gasteiger partial charge on any atom is -0.481 e. The molecule has 4 fully saturated rings. The van der Waals surface area contributed by atoms with Crippen molar-refractivity contribution in [2.75, 3.05) is 0 Å². The highest BCUT2D eigenvalue weighted by Crippen LogP contribution is 2.47. The molecule has 2 saturated carbocycles. The van der Waals surface area contributed by atoms with Crippen molar-refractivity contribution in [3.8, 4) is 0 Å². The van der Waals surface area contributed by atoms with E-state index in [2.05, 4.69) is 11.8 Å². The lowest BCUT2D eigenvalue weighted by Gasteiger charge is -2.55. The van der Waals surface area contributed by atoms with Gasteiger partial charge < -0.3 is 10.8 Å². The fourth-order valence-electron chi connectivity index (χ4n) is 6.45. The van der Waals surface area contributed by atoms with Gasteiger partial charge in [0.1, 0.15) is 0 Å². The molecule has 7 atom stereocenters. The van der Waals surface area contributed by atoms with Gasteiger partial charge in [-0.05, 0) is 75.5 Å². The molecule has 0 amide bonds. The molecule has 4 rings (SSSR count). The van der Waals surface area contributed by atoms with E-state index in [1.165, 1.54) is 57.8 Å². The van der Waals surface area contributed by atoms with E-state index in [1.54, 1.807) is 6.42 Å². The van der Waals surface area contributed by atoms with Gasteiger partial charge in [0, 0.05) is 31.1 Å². The Bertz CT molecular complexity index is 405. The Morgan fingerprint density at radius 2 is 1.42 bits per heavy atom. The molecule has 2 aliphatic heterocycles. The van der Waals surface area contributed by atoms with E-state index >= 15 is 0 Å². The number of piperidine rings is 2. The van der Waals surface area contributed by atoms with Gasteiger partial charge >= 0.3 is 0 Å². The third kappa shape index (κ3) is 4.32. The lowest BCUT2D eigenvalue weighted by atomic mass is 9.65. The first-order valence-corrected chi connectivity index (χ1v) is 10.1. The maximum absolute atomic E-state index is 9.00. The van der Waals surface area contributed by atoms with Crippen LogP contribution < -0.4 is 5.73 Å². The van der Waals surface area contributed by atoms with Crippen molar-refractivity contribution >= 4 is 5.97 Å². The summed E-state index contributed by atoms with van der Waals surface area (Å²) in [4.78, 5) is 12.0. The van der Waals surface area contributed by atoms with Crippen LogP contribution in [0.15, 0.2) is 0 Å². The summed E-state index contributed by atoms with van der Waals surface area (Å²) < 4.78 is 0. The summed E-state index contributed by atoms with van der Waals surface area (Å²) in [5.41, 5.74) is 6.30. The molecule has 138 valence electrons. The zero-order valence-electron chi connectivity index (χ0n) is 15.5. The van der Waals surface area contributed by atoms with Crippen molar-refractivity contribution in [2.45, 2.75) is 102 Å². The lowest BCUT2D eigenvalue weighted by Crippen LogP contribution is -2.60. The minimum absolute atomic E-state index is 0.490. The smallest absolute Gasteiger partial charge is 0.300 e. The molecule has 0 radical (unpaired) electrons. The molecule has 2 aliphatic carbocycles. The van der Waals surface area contributed by atoms with Crippen molar-refractivity contribution in [1.82, 2.24) is 4.90 Å². The Balaban J connectivity index is 0.000000383. The van der Waals surface area contributed by atoms with Gasteiger partial charge in [0.25, 0.3) is 5.97 Å². The Morgan fingerprint density at radius 3 is 1.92 bits per heavy atom. The third-order valence-electron chi connectivity index (χ3n) is 6.84. The number of aliphatic carboxylic acids is 1. The van der Waals surface area contributed by atoms with Crippen molar-refractivity contribution in [1.29, 1.82) is 0 Å². The van der Waals surface area contributed by atoms with Gasteiger partial charge in [-0.3, -0.25) is 9.69 Å². The Morgan fingerprint density at radius 1 is 0.917 bits per heavy atom. The summed E-state index contributed by atoms with van der Waals surface area (Å²) in [5.74, 6) is 2.24. The molecule has 0 aromatic rings. The largest absolute Gasteiger partial charge is 0.481 e. The van der Waals surface area contributed by atoms with Gasteiger partial charge in [0.15, 0.2) is 0 Å². The number of carbonyl (C=O) groups is 1.